The molecular formula is C46H27N3OS. The summed E-state index contributed by atoms with van der Waals surface area (Å²) in [6, 6.07) is 57.5. The van der Waals surface area contributed by atoms with E-state index in [1.54, 1.807) is 11.3 Å². The van der Waals surface area contributed by atoms with Crippen molar-refractivity contribution >= 4 is 75.4 Å². The number of nitrogens with zero attached hydrogens (tertiary/aromatic N) is 3. The third-order valence-electron chi connectivity index (χ3n) is 10.0. The minimum Gasteiger partial charge on any atom is -0.455 e. The van der Waals surface area contributed by atoms with E-state index < -0.39 is 0 Å². The number of rotatable bonds is 4. The number of hydrogen-bond acceptors (Lipinski definition) is 4. The van der Waals surface area contributed by atoms with E-state index in [-0.39, 0.29) is 0 Å². The number of hydrogen-bond donors (Lipinski definition) is 0. The van der Waals surface area contributed by atoms with E-state index in [4.69, 9.17) is 14.4 Å². The van der Waals surface area contributed by atoms with Gasteiger partial charge in [-0.3, -0.25) is 0 Å². The van der Waals surface area contributed by atoms with Gasteiger partial charge in [-0.25, -0.2) is 9.97 Å². The van der Waals surface area contributed by atoms with Crippen molar-refractivity contribution in [1.82, 2.24) is 14.5 Å². The number of benzene rings is 7. The lowest BCUT2D eigenvalue weighted by molar-refractivity contribution is 0.674. The molecule has 11 rings (SSSR count). The molecule has 0 unspecified atom stereocenters. The molecule has 0 radical (unpaired) electrons. The highest BCUT2D eigenvalue weighted by Gasteiger charge is 2.21. The van der Waals surface area contributed by atoms with Crippen molar-refractivity contribution < 1.29 is 4.42 Å². The zero-order valence-electron chi connectivity index (χ0n) is 27.2. The minimum absolute atomic E-state index is 0.707. The molecule has 0 spiro atoms. The summed E-state index contributed by atoms with van der Waals surface area (Å²) in [5, 5.41) is 5.66. The fourth-order valence-electron chi connectivity index (χ4n) is 7.73. The minimum atomic E-state index is 0.707. The summed E-state index contributed by atoms with van der Waals surface area (Å²) in [7, 11) is 0. The van der Waals surface area contributed by atoms with Crippen LogP contribution in [0.5, 0.6) is 0 Å². The highest BCUT2D eigenvalue weighted by atomic mass is 32.1. The SMILES string of the molecule is c1ccc(-c2nc(-c3cccc(-c4cccc5c4oc4c5ccc5c4c4ccccc4n5-c4ccccc4)c3)nc3c2sc2ccccc23)cc1. The van der Waals surface area contributed by atoms with E-state index in [1.807, 2.05) is 6.07 Å². The van der Waals surface area contributed by atoms with Crippen LogP contribution < -0.4 is 0 Å². The van der Waals surface area contributed by atoms with E-state index in [0.717, 1.165) is 87.6 Å². The van der Waals surface area contributed by atoms with Gasteiger partial charge < -0.3 is 8.98 Å². The average molecular weight is 670 g/mol. The third-order valence-corrected chi connectivity index (χ3v) is 11.2. The monoisotopic (exact) mass is 669 g/mol. The smallest absolute Gasteiger partial charge is 0.160 e. The summed E-state index contributed by atoms with van der Waals surface area (Å²) in [4.78, 5) is 10.4. The van der Waals surface area contributed by atoms with Crippen LogP contribution in [0.2, 0.25) is 0 Å². The van der Waals surface area contributed by atoms with Gasteiger partial charge in [0, 0.05) is 48.6 Å². The fourth-order valence-corrected chi connectivity index (χ4v) is 8.88. The fraction of sp³-hybridized carbons (Fsp3) is 0. The Hall–Kier alpha value is -6.56. The lowest BCUT2D eigenvalue weighted by Crippen LogP contribution is -1.94. The Labute approximate surface area is 296 Å². The molecule has 0 aliphatic heterocycles. The molecule has 0 saturated heterocycles. The molecule has 5 heteroatoms. The van der Waals surface area contributed by atoms with Gasteiger partial charge in [0.15, 0.2) is 5.82 Å². The van der Waals surface area contributed by atoms with Gasteiger partial charge in [0.25, 0.3) is 0 Å². The molecule has 4 heterocycles. The van der Waals surface area contributed by atoms with Crippen LogP contribution in [0.15, 0.2) is 168 Å². The molecule has 0 atom stereocenters. The third kappa shape index (κ3) is 4.25. The molecule has 0 amide bonds. The second-order valence-corrected chi connectivity index (χ2v) is 14.0. The zero-order chi connectivity index (χ0) is 33.5. The standard InChI is InChI=1S/C46H27N3OS/c1-3-13-28(14-4-1)41-45-42(36-20-8-10-24-39(36)51-45)48-46(47-41)30-16-11-15-29(27-30)32-21-12-22-33-34-25-26-38-40(44(34)50-43(32)33)35-19-7-9-23-37(35)49(38)31-17-5-2-6-18-31/h1-27H. The Kier molecular flexibility index (Phi) is 6.09. The lowest BCUT2D eigenvalue weighted by atomic mass is 10.00. The van der Waals surface area contributed by atoms with Gasteiger partial charge in [0.1, 0.15) is 11.2 Å². The lowest BCUT2D eigenvalue weighted by Gasteiger charge is -2.09. The molecule has 0 saturated carbocycles. The molecule has 238 valence electrons. The van der Waals surface area contributed by atoms with Gasteiger partial charge in [0.05, 0.1) is 32.3 Å². The van der Waals surface area contributed by atoms with E-state index in [1.165, 1.54) is 10.1 Å². The van der Waals surface area contributed by atoms with Crippen LogP contribution in [0.3, 0.4) is 0 Å². The summed E-state index contributed by atoms with van der Waals surface area (Å²) >= 11 is 1.75. The van der Waals surface area contributed by atoms with Crippen molar-refractivity contribution in [3.63, 3.8) is 0 Å². The molecule has 4 nitrogen and oxygen atoms in total. The zero-order valence-corrected chi connectivity index (χ0v) is 28.1. The van der Waals surface area contributed by atoms with Crippen LogP contribution >= 0.6 is 11.3 Å². The van der Waals surface area contributed by atoms with E-state index in [2.05, 4.69) is 162 Å². The van der Waals surface area contributed by atoms with Crippen molar-refractivity contribution in [2.24, 2.45) is 0 Å². The Balaban J connectivity index is 1.12. The maximum atomic E-state index is 6.98. The number of para-hydroxylation sites is 3. The van der Waals surface area contributed by atoms with Crippen LogP contribution in [0, 0.1) is 0 Å². The summed E-state index contributed by atoms with van der Waals surface area (Å²) in [6.07, 6.45) is 0. The van der Waals surface area contributed by atoms with Crippen LogP contribution in [-0.4, -0.2) is 14.5 Å². The molecule has 7 aromatic carbocycles. The maximum Gasteiger partial charge on any atom is 0.160 e. The van der Waals surface area contributed by atoms with Crippen LogP contribution in [-0.2, 0) is 0 Å². The topological polar surface area (TPSA) is 43.9 Å². The molecular weight excluding hydrogens is 643 g/mol. The van der Waals surface area contributed by atoms with Gasteiger partial charge >= 0.3 is 0 Å². The molecule has 0 aliphatic rings. The Morgan fingerprint density at radius 1 is 0.490 bits per heavy atom. The highest BCUT2D eigenvalue weighted by molar-refractivity contribution is 7.26. The number of aromatic nitrogens is 3. The van der Waals surface area contributed by atoms with E-state index >= 15 is 0 Å². The molecule has 0 fully saturated rings. The first-order valence-electron chi connectivity index (χ1n) is 17.1. The van der Waals surface area contributed by atoms with Crippen molar-refractivity contribution in [1.29, 1.82) is 0 Å². The van der Waals surface area contributed by atoms with E-state index in [9.17, 15) is 0 Å². The van der Waals surface area contributed by atoms with Crippen molar-refractivity contribution in [2.45, 2.75) is 0 Å². The van der Waals surface area contributed by atoms with Gasteiger partial charge in [0.2, 0.25) is 0 Å². The summed E-state index contributed by atoms with van der Waals surface area (Å²) in [5.74, 6) is 0.707. The van der Waals surface area contributed by atoms with Gasteiger partial charge in [-0.2, -0.15) is 0 Å². The first-order chi connectivity index (χ1) is 25.3. The van der Waals surface area contributed by atoms with Crippen LogP contribution in [0.25, 0.3) is 104 Å². The normalized spacial score (nSPS) is 11.9. The van der Waals surface area contributed by atoms with Crippen molar-refractivity contribution in [2.75, 3.05) is 0 Å². The average Bonchev–Trinajstić information content (AvgIpc) is 3.88. The number of furan rings is 1. The highest BCUT2D eigenvalue weighted by Crippen LogP contribution is 2.44. The van der Waals surface area contributed by atoms with Crippen LogP contribution in [0.4, 0.5) is 0 Å². The molecule has 51 heavy (non-hydrogen) atoms. The van der Waals surface area contributed by atoms with Gasteiger partial charge in [-0.15, -0.1) is 11.3 Å². The van der Waals surface area contributed by atoms with Gasteiger partial charge in [-0.1, -0.05) is 121 Å². The van der Waals surface area contributed by atoms with Gasteiger partial charge in [-0.05, 0) is 48.0 Å². The Morgan fingerprint density at radius 2 is 1.18 bits per heavy atom. The second kappa shape index (κ2) is 11.0. The molecule has 0 bridgehead atoms. The summed E-state index contributed by atoms with van der Waals surface area (Å²) in [5.41, 5.74) is 11.3. The molecule has 0 aliphatic carbocycles. The Bertz CT molecular complexity index is 3140. The number of fused-ring (bicyclic) bond motifs is 10. The summed E-state index contributed by atoms with van der Waals surface area (Å²) < 4.78 is 11.6. The number of thiophene rings is 1. The predicted octanol–water partition coefficient (Wildman–Crippen LogP) is 12.8. The van der Waals surface area contributed by atoms with Crippen LogP contribution in [0.1, 0.15) is 0 Å². The molecule has 0 N–H and O–H groups in total. The first kappa shape index (κ1) is 28.3. The predicted molar refractivity (Wildman–Crippen MR) is 213 cm³/mol. The van der Waals surface area contributed by atoms with Crippen molar-refractivity contribution in [3.8, 4) is 39.5 Å². The molecule has 11 aromatic rings. The largest absolute Gasteiger partial charge is 0.455 e. The first-order valence-corrected chi connectivity index (χ1v) is 17.9. The Morgan fingerprint density at radius 3 is 2.06 bits per heavy atom. The maximum absolute atomic E-state index is 6.98. The van der Waals surface area contributed by atoms with E-state index in [0.29, 0.717) is 5.82 Å². The second-order valence-electron chi connectivity index (χ2n) is 12.9. The quantitative estimate of drug-likeness (QED) is 0.187. The molecule has 4 aromatic heterocycles. The van der Waals surface area contributed by atoms with Crippen molar-refractivity contribution in [3.05, 3.63) is 164 Å². The summed E-state index contributed by atoms with van der Waals surface area (Å²) in [6.45, 7) is 0.